The monoisotopic (exact) mass is 279 g/mol. The van der Waals surface area contributed by atoms with Gasteiger partial charge in [-0.1, -0.05) is 38.9 Å². The number of hydrogen-bond donors (Lipinski definition) is 2. The second kappa shape index (κ2) is 6.85. The molecule has 0 bridgehead atoms. The lowest BCUT2D eigenvalue weighted by atomic mass is 9.95. The van der Waals surface area contributed by atoms with Gasteiger partial charge in [0, 0.05) is 11.7 Å². The fraction of sp³-hybridized carbons (Fsp3) is 0.600. The zero-order chi connectivity index (χ0) is 14.6. The van der Waals surface area contributed by atoms with Gasteiger partial charge < -0.3 is 11.1 Å². The summed E-state index contributed by atoms with van der Waals surface area (Å²) in [6.07, 6.45) is 2.30. The topological polar surface area (TPSA) is 50.9 Å². The van der Waals surface area contributed by atoms with Gasteiger partial charge in [-0.2, -0.15) is 0 Å². The molecule has 1 aromatic rings. The van der Waals surface area contributed by atoms with Gasteiger partial charge in [-0.05, 0) is 38.3 Å². The summed E-state index contributed by atoms with van der Waals surface area (Å²) in [5.41, 5.74) is 8.77. The van der Waals surface area contributed by atoms with Crippen molar-refractivity contribution in [3.05, 3.63) is 22.9 Å². The zero-order valence-electron chi connectivity index (χ0n) is 12.6. The summed E-state index contributed by atoms with van der Waals surface area (Å²) in [7, 11) is 0. The first-order chi connectivity index (χ1) is 8.90. The average Bonchev–Trinajstić information content (AvgIpc) is 2.28. The van der Waals surface area contributed by atoms with Crippen LogP contribution in [-0.2, 0) is 0 Å². The molecule has 0 aliphatic rings. The molecular weight excluding hydrogens is 254 g/mol. The Morgan fingerprint density at radius 1 is 1.37 bits per heavy atom. The van der Waals surface area contributed by atoms with Crippen molar-refractivity contribution in [2.24, 2.45) is 11.7 Å². The summed E-state index contributed by atoms with van der Waals surface area (Å²) >= 11 is 5.15. The van der Waals surface area contributed by atoms with E-state index in [1.54, 1.807) is 0 Å². The van der Waals surface area contributed by atoms with Crippen molar-refractivity contribution in [1.82, 2.24) is 4.98 Å². The van der Waals surface area contributed by atoms with Gasteiger partial charge in [-0.25, -0.2) is 4.98 Å². The molecule has 1 atom stereocenters. The van der Waals surface area contributed by atoms with Crippen LogP contribution in [0.1, 0.15) is 50.4 Å². The minimum Gasteiger partial charge on any atom is -0.389 e. The number of hydrogen-bond acceptors (Lipinski definition) is 3. The smallest absolute Gasteiger partial charge is 0.136 e. The Bertz CT molecular complexity index is 453. The molecule has 0 saturated carbocycles. The predicted octanol–water partition coefficient (Wildman–Crippen LogP) is 3.57. The second-order valence-corrected chi connectivity index (χ2v) is 5.62. The maximum absolute atomic E-state index is 5.83. The summed E-state index contributed by atoms with van der Waals surface area (Å²) in [5.74, 6) is 1.45. The Morgan fingerprint density at radius 3 is 2.42 bits per heavy atom. The first-order valence-corrected chi connectivity index (χ1v) is 7.36. The molecule has 106 valence electrons. The average molecular weight is 279 g/mol. The highest BCUT2D eigenvalue weighted by atomic mass is 32.1. The van der Waals surface area contributed by atoms with Gasteiger partial charge in [-0.15, -0.1) is 0 Å². The molecule has 19 heavy (non-hydrogen) atoms. The molecule has 4 heteroatoms. The third-order valence-corrected chi connectivity index (χ3v) is 3.92. The van der Waals surface area contributed by atoms with Crippen molar-refractivity contribution in [2.75, 3.05) is 5.32 Å². The molecule has 0 aromatic carbocycles. The standard InChI is InChI=1S/C15H25N3S/c1-6-12(7-2)11(5)18-15-13(14(16)19)9(3)8-10(4)17-15/h8,11-12H,6-7H2,1-5H3,(H2,16,19)(H,17,18). The van der Waals surface area contributed by atoms with E-state index in [-0.39, 0.29) is 0 Å². The van der Waals surface area contributed by atoms with Crippen LogP contribution in [0.5, 0.6) is 0 Å². The van der Waals surface area contributed by atoms with E-state index in [2.05, 4.69) is 31.1 Å². The molecule has 0 spiro atoms. The maximum Gasteiger partial charge on any atom is 0.136 e. The molecule has 0 radical (unpaired) electrons. The highest BCUT2D eigenvalue weighted by Gasteiger charge is 2.17. The first-order valence-electron chi connectivity index (χ1n) is 6.95. The minimum absolute atomic E-state index is 0.358. The Labute approximate surface area is 122 Å². The van der Waals surface area contributed by atoms with Crippen LogP contribution in [0.3, 0.4) is 0 Å². The molecule has 1 rings (SSSR count). The van der Waals surface area contributed by atoms with Crippen LogP contribution in [0.2, 0.25) is 0 Å². The van der Waals surface area contributed by atoms with Crippen LogP contribution in [0.4, 0.5) is 5.82 Å². The SMILES string of the molecule is CCC(CC)C(C)Nc1nc(C)cc(C)c1C(N)=S. The lowest BCUT2D eigenvalue weighted by Gasteiger charge is -2.25. The van der Waals surface area contributed by atoms with Crippen molar-refractivity contribution in [3.63, 3.8) is 0 Å². The van der Waals surface area contributed by atoms with E-state index < -0.39 is 0 Å². The fourth-order valence-electron chi connectivity index (χ4n) is 2.58. The van der Waals surface area contributed by atoms with E-state index in [4.69, 9.17) is 18.0 Å². The quantitative estimate of drug-likeness (QED) is 0.782. The number of aromatic nitrogens is 1. The molecule has 1 aromatic heterocycles. The second-order valence-electron chi connectivity index (χ2n) is 5.18. The van der Waals surface area contributed by atoms with Crippen molar-refractivity contribution < 1.29 is 0 Å². The number of rotatable bonds is 6. The van der Waals surface area contributed by atoms with Gasteiger partial charge >= 0.3 is 0 Å². The largest absolute Gasteiger partial charge is 0.389 e. The number of aryl methyl sites for hydroxylation is 2. The van der Waals surface area contributed by atoms with Gasteiger partial charge in [0.25, 0.3) is 0 Å². The highest BCUT2D eigenvalue weighted by Crippen LogP contribution is 2.22. The number of nitrogens with zero attached hydrogens (tertiary/aromatic N) is 1. The van der Waals surface area contributed by atoms with E-state index in [0.29, 0.717) is 16.9 Å². The molecular formula is C15H25N3S. The number of nitrogens with two attached hydrogens (primary N) is 1. The molecule has 1 heterocycles. The van der Waals surface area contributed by atoms with Crippen LogP contribution in [0, 0.1) is 19.8 Å². The Balaban J connectivity index is 3.09. The first kappa shape index (κ1) is 15.9. The molecule has 0 amide bonds. The highest BCUT2D eigenvalue weighted by molar-refractivity contribution is 7.80. The lowest BCUT2D eigenvalue weighted by Crippen LogP contribution is -2.28. The third-order valence-electron chi connectivity index (χ3n) is 3.71. The maximum atomic E-state index is 5.83. The van der Waals surface area contributed by atoms with E-state index >= 15 is 0 Å². The van der Waals surface area contributed by atoms with Crippen molar-refractivity contribution in [2.45, 2.75) is 53.5 Å². The molecule has 0 fully saturated rings. The number of pyridine rings is 1. The van der Waals surface area contributed by atoms with Gasteiger partial charge in [-0.3, -0.25) is 0 Å². The summed E-state index contributed by atoms with van der Waals surface area (Å²) in [6, 6.07) is 2.37. The van der Waals surface area contributed by atoms with Crippen molar-refractivity contribution >= 4 is 23.0 Å². The van der Waals surface area contributed by atoms with Crippen molar-refractivity contribution in [1.29, 1.82) is 0 Å². The summed E-state index contributed by atoms with van der Waals surface area (Å²) in [5, 5.41) is 3.50. The van der Waals surface area contributed by atoms with Crippen molar-refractivity contribution in [3.8, 4) is 0 Å². The third kappa shape index (κ3) is 3.90. The Morgan fingerprint density at radius 2 is 1.95 bits per heavy atom. The Hall–Kier alpha value is -1.16. The molecule has 0 aliphatic carbocycles. The van der Waals surface area contributed by atoms with Gasteiger partial charge in [0.05, 0.1) is 5.56 Å². The molecule has 0 saturated heterocycles. The van der Waals surface area contributed by atoms with Crippen LogP contribution in [0.15, 0.2) is 6.07 Å². The van der Waals surface area contributed by atoms with Gasteiger partial charge in [0.1, 0.15) is 10.8 Å². The summed E-state index contributed by atoms with van der Waals surface area (Å²) in [4.78, 5) is 4.97. The molecule has 3 nitrogen and oxygen atoms in total. The van der Waals surface area contributed by atoms with Crippen LogP contribution in [-0.4, -0.2) is 16.0 Å². The zero-order valence-corrected chi connectivity index (χ0v) is 13.4. The Kier molecular flexibility index (Phi) is 5.73. The number of thiocarbonyl (C=S) groups is 1. The normalized spacial score (nSPS) is 12.5. The van der Waals surface area contributed by atoms with Gasteiger partial charge in [0.2, 0.25) is 0 Å². The van der Waals surface area contributed by atoms with Crippen LogP contribution in [0.25, 0.3) is 0 Å². The van der Waals surface area contributed by atoms with E-state index in [1.807, 2.05) is 19.9 Å². The summed E-state index contributed by atoms with van der Waals surface area (Å²) < 4.78 is 0. The molecule has 0 aliphatic heterocycles. The molecule has 3 N–H and O–H groups in total. The molecule has 1 unspecified atom stereocenters. The minimum atomic E-state index is 0.358. The van der Waals surface area contributed by atoms with Crippen LogP contribution >= 0.6 is 12.2 Å². The predicted molar refractivity (Wildman–Crippen MR) is 86.8 cm³/mol. The fourth-order valence-corrected chi connectivity index (χ4v) is 2.84. The van der Waals surface area contributed by atoms with E-state index in [1.165, 1.54) is 0 Å². The van der Waals surface area contributed by atoms with Gasteiger partial charge in [0.15, 0.2) is 0 Å². The summed E-state index contributed by atoms with van der Waals surface area (Å²) in [6.45, 7) is 10.6. The number of nitrogens with one attached hydrogen (secondary N) is 1. The number of anilines is 1. The van der Waals surface area contributed by atoms with Crippen LogP contribution < -0.4 is 11.1 Å². The van der Waals surface area contributed by atoms with E-state index in [9.17, 15) is 0 Å². The van der Waals surface area contributed by atoms with E-state index in [0.717, 1.165) is 35.5 Å². The lowest BCUT2D eigenvalue weighted by molar-refractivity contribution is 0.437.